The second-order valence-corrected chi connectivity index (χ2v) is 8.90. The maximum absolute atomic E-state index is 12.9. The van der Waals surface area contributed by atoms with Crippen LogP contribution in [0, 0.1) is 0 Å². The number of benzene rings is 2. The summed E-state index contributed by atoms with van der Waals surface area (Å²) >= 11 is 4.90. The quantitative estimate of drug-likeness (QED) is 0.564. The van der Waals surface area contributed by atoms with Crippen LogP contribution in [0.3, 0.4) is 0 Å². The Morgan fingerprint density at radius 1 is 1.07 bits per heavy atom. The summed E-state index contributed by atoms with van der Waals surface area (Å²) in [4.78, 5) is 17.4. The summed E-state index contributed by atoms with van der Waals surface area (Å²) in [7, 11) is 0. The normalized spacial score (nSPS) is 16.2. The van der Waals surface area contributed by atoms with Gasteiger partial charge < -0.3 is 9.80 Å². The highest BCUT2D eigenvalue weighted by molar-refractivity contribution is 9.10. The molecule has 8 heteroatoms. The molecule has 0 saturated carbocycles. The second kappa shape index (κ2) is 8.78. The van der Waals surface area contributed by atoms with Crippen molar-refractivity contribution in [2.75, 3.05) is 31.1 Å². The monoisotopic (exact) mass is 472 g/mol. The van der Waals surface area contributed by atoms with Crippen molar-refractivity contribution >= 4 is 39.3 Å². The molecule has 1 fully saturated rings. The minimum absolute atomic E-state index is 0.0524. The minimum Gasteiger partial charge on any atom is -0.368 e. The predicted octanol–water partition coefficient (Wildman–Crippen LogP) is 5.30. The fourth-order valence-electron chi connectivity index (χ4n) is 3.09. The van der Waals surface area contributed by atoms with Crippen molar-refractivity contribution in [3.05, 3.63) is 58.6 Å². The number of carbonyl (C=O) groups is 1. The Morgan fingerprint density at radius 3 is 2.32 bits per heavy atom. The zero-order valence-electron chi connectivity index (χ0n) is 15.2. The van der Waals surface area contributed by atoms with Gasteiger partial charge in [-0.25, -0.2) is 0 Å². The SMILES string of the molecule is CC(Sc1ccc(Br)cc1)C(=O)N1CCN(c2cccc(C(F)(F)F)c2)CC1. The summed E-state index contributed by atoms with van der Waals surface area (Å²) < 4.78 is 39.7. The molecule has 1 aliphatic rings. The van der Waals surface area contributed by atoms with E-state index in [0.717, 1.165) is 15.4 Å². The molecule has 28 heavy (non-hydrogen) atoms. The molecule has 0 aliphatic carbocycles. The van der Waals surface area contributed by atoms with Gasteiger partial charge in [0.05, 0.1) is 10.8 Å². The van der Waals surface area contributed by atoms with E-state index in [1.165, 1.54) is 23.9 Å². The number of carbonyl (C=O) groups excluding carboxylic acids is 1. The lowest BCUT2D eigenvalue weighted by Gasteiger charge is -2.37. The van der Waals surface area contributed by atoms with E-state index >= 15 is 0 Å². The number of amides is 1. The lowest BCUT2D eigenvalue weighted by atomic mass is 10.1. The smallest absolute Gasteiger partial charge is 0.368 e. The zero-order chi connectivity index (χ0) is 20.3. The number of anilines is 1. The summed E-state index contributed by atoms with van der Waals surface area (Å²) in [5, 5.41) is -0.221. The van der Waals surface area contributed by atoms with E-state index in [2.05, 4.69) is 15.9 Å². The van der Waals surface area contributed by atoms with Gasteiger partial charge in [0.1, 0.15) is 0 Å². The first kappa shape index (κ1) is 21.0. The van der Waals surface area contributed by atoms with Gasteiger partial charge in [-0.15, -0.1) is 11.8 Å². The number of rotatable bonds is 4. The van der Waals surface area contributed by atoms with Crippen LogP contribution in [0.25, 0.3) is 0 Å². The molecule has 2 aromatic rings. The van der Waals surface area contributed by atoms with E-state index < -0.39 is 11.7 Å². The number of hydrogen-bond acceptors (Lipinski definition) is 3. The van der Waals surface area contributed by atoms with E-state index in [4.69, 9.17) is 0 Å². The molecule has 0 spiro atoms. The number of thioether (sulfide) groups is 1. The largest absolute Gasteiger partial charge is 0.416 e. The molecule has 1 unspecified atom stereocenters. The summed E-state index contributed by atoms with van der Waals surface area (Å²) in [6.45, 7) is 3.92. The lowest BCUT2D eigenvalue weighted by Crippen LogP contribution is -2.50. The van der Waals surface area contributed by atoms with Gasteiger partial charge in [-0.3, -0.25) is 4.79 Å². The molecule has 1 saturated heterocycles. The first-order chi connectivity index (χ1) is 13.2. The van der Waals surface area contributed by atoms with Gasteiger partial charge in [-0.2, -0.15) is 13.2 Å². The fraction of sp³-hybridized carbons (Fsp3) is 0.350. The highest BCUT2D eigenvalue weighted by Gasteiger charge is 2.31. The standard InChI is InChI=1S/C20H20BrF3N2OS/c1-14(28-18-7-5-16(21)6-8-18)19(27)26-11-9-25(10-12-26)17-4-2-3-15(13-17)20(22,23)24/h2-8,13-14H,9-12H2,1H3. The Morgan fingerprint density at radius 2 is 1.71 bits per heavy atom. The molecule has 1 amide bonds. The Bertz CT molecular complexity index is 821. The van der Waals surface area contributed by atoms with Gasteiger partial charge >= 0.3 is 6.18 Å². The van der Waals surface area contributed by atoms with E-state index in [9.17, 15) is 18.0 Å². The summed E-state index contributed by atoms with van der Waals surface area (Å²) in [6, 6.07) is 13.1. The molecule has 0 radical (unpaired) electrons. The Kier molecular flexibility index (Phi) is 6.60. The van der Waals surface area contributed by atoms with Crippen molar-refractivity contribution in [1.29, 1.82) is 0 Å². The minimum atomic E-state index is -4.35. The average Bonchev–Trinajstić information content (AvgIpc) is 2.69. The Hall–Kier alpha value is -1.67. The van der Waals surface area contributed by atoms with Crippen molar-refractivity contribution in [3.8, 4) is 0 Å². The second-order valence-electron chi connectivity index (χ2n) is 6.57. The van der Waals surface area contributed by atoms with Gasteiger partial charge in [-0.05, 0) is 49.4 Å². The molecule has 0 bridgehead atoms. The van der Waals surface area contributed by atoms with Crippen LogP contribution in [0.5, 0.6) is 0 Å². The molecular formula is C20H20BrF3N2OS. The first-order valence-electron chi connectivity index (χ1n) is 8.87. The van der Waals surface area contributed by atoms with Crippen LogP contribution in [0.2, 0.25) is 0 Å². The van der Waals surface area contributed by atoms with Crippen molar-refractivity contribution < 1.29 is 18.0 Å². The van der Waals surface area contributed by atoms with Crippen LogP contribution >= 0.6 is 27.7 Å². The van der Waals surface area contributed by atoms with Gasteiger partial charge in [0.2, 0.25) is 5.91 Å². The molecule has 3 rings (SSSR count). The van der Waals surface area contributed by atoms with Crippen LogP contribution in [0.1, 0.15) is 12.5 Å². The number of halogens is 4. The lowest BCUT2D eigenvalue weighted by molar-refractivity contribution is -0.137. The highest BCUT2D eigenvalue weighted by Crippen LogP contribution is 2.32. The first-order valence-corrected chi connectivity index (χ1v) is 10.5. The highest BCUT2D eigenvalue weighted by atomic mass is 79.9. The van der Waals surface area contributed by atoms with Crippen molar-refractivity contribution in [3.63, 3.8) is 0 Å². The van der Waals surface area contributed by atoms with Gasteiger partial charge in [0, 0.05) is 41.2 Å². The van der Waals surface area contributed by atoms with Crippen LogP contribution in [-0.2, 0) is 11.0 Å². The van der Waals surface area contributed by atoms with Crippen LogP contribution in [-0.4, -0.2) is 42.2 Å². The number of alkyl halides is 3. The van der Waals surface area contributed by atoms with Crippen LogP contribution in [0.4, 0.5) is 18.9 Å². The molecule has 1 heterocycles. The average molecular weight is 473 g/mol. The van der Waals surface area contributed by atoms with E-state index in [0.29, 0.717) is 31.9 Å². The van der Waals surface area contributed by atoms with Crippen molar-refractivity contribution in [1.82, 2.24) is 4.90 Å². The third-order valence-electron chi connectivity index (χ3n) is 4.60. The molecule has 3 nitrogen and oxygen atoms in total. The van der Waals surface area contributed by atoms with Gasteiger partial charge in [0.25, 0.3) is 0 Å². The maximum atomic E-state index is 12.9. The Labute approximate surface area is 175 Å². The molecule has 2 aromatic carbocycles. The molecular weight excluding hydrogens is 453 g/mol. The van der Waals surface area contributed by atoms with E-state index in [-0.39, 0.29) is 11.2 Å². The summed E-state index contributed by atoms with van der Waals surface area (Å²) in [6.07, 6.45) is -4.35. The predicted molar refractivity (Wildman–Crippen MR) is 110 cm³/mol. The third kappa shape index (κ3) is 5.23. The Balaban J connectivity index is 1.57. The summed E-state index contributed by atoms with van der Waals surface area (Å²) in [5.74, 6) is 0.0524. The van der Waals surface area contributed by atoms with E-state index in [1.807, 2.05) is 36.1 Å². The van der Waals surface area contributed by atoms with Gasteiger partial charge in [0.15, 0.2) is 0 Å². The maximum Gasteiger partial charge on any atom is 0.416 e. The summed E-state index contributed by atoms with van der Waals surface area (Å²) in [5.41, 5.74) is -0.109. The topological polar surface area (TPSA) is 23.6 Å². The van der Waals surface area contributed by atoms with Crippen molar-refractivity contribution in [2.24, 2.45) is 0 Å². The van der Waals surface area contributed by atoms with Crippen molar-refractivity contribution in [2.45, 2.75) is 23.2 Å². The zero-order valence-corrected chi connectivity index (χ0v) is 17.6. The molecule has 0 N–H and O–H groups in total. The number of nitrogens with zero attached hydrogens (tertiary/aromatic N) is 2. The molecule has 1 aliphatic heterocycles. The third-order valence-corrected chi connectivity index (χ3v) is 6.23. The number of piperazine rings is 1. The number of hydrogen-bond donors (Lipinski definition) is 0. The van der Waals surface area contributed by atoms with Crippen LogP contribution in [0.15, 0.2) is 57.9 Å². The fourth-order valence-corrected chi connectivity index (χ4v) is 4.30. The van der Waals surface area contributed by atoms with Gasteiger partial charge in [-0.1, -0.05) is 22.0 Å². The molecule has 150 valence electrons. The molecule has 1 atom stereocenters. The molecule has 0 aromatic heterocycles. The van der Waals surface area contributed by atoms with Crippen LogP contribution < -0.4 is 4.90 Å². The van der Waals surface area contributed by atoms with E-state index in [1.54, 1.807) is 11.0 Å².